The Hall–Kier alpha value is -2.45. The van der Waals surface area contributed by atoms with E-state index in [0.29, 0.717) is 18.0 Å². The second-order valence-corrected chi connectivity index (χ2v) is 7.33. The molecule has 0 aliphatic carbocycles. The molecule has 0 fully saturated rings. The minimum atomic E-state index is -3.88. The van der Waals surface area contributed by atoms with Crippen molar-refractivity contribution in [2.45, 2.75) is 18.7 Å². The van der Waals surface area contributed by atoms with Crippen LogP contribution >= 0.6 is 0 Å². The van der Waals surface area contributed by atoms with E-state index < -0.39 is 21.7 Å². The van der Waals surface area contributed by atoms with E-state index >= 15 is 0 Å². The number of rotatable bonds is 8. The van der Waals surface area contributed by atoms with E-state index in [-0.39, 0.29) is 18.0 Å². The van der Waals surface area contributed by atoms with Crippen LogP contribution < -0.4 is 10.1 Å². The molecular weight excluding hydrogens is 359 g/mol. The zero-order valence-corrected chi connectivity index (χ0v) is 15.4. The molecule has 2 rings (SSSR count). The summed E-state index contributed by atoms with van der Waals surface area (Å²) >= 11 is 0. The molecule has 2 aromatic rings. The van der Waals surface area contributed by atoms with Gasteiger partial charge in [0.1, 0.15) is 11.6 Å². The van der Waals surface area contributed by atoms with E-state index in [9.17, 15) is 17.6 Å². The van der Waals surface area contributed by atoms with Crippen LogP contribution in [-0.2, 0) is 14.8 Å². The van der Waals surface area contributed by atoms with Gasteiger partial charge in [-0.15, -0.1) is 0 Å². The highest BCUT2D eigenvalue weighted by Crippen LogP contribution is 2.18. The van der Waals surface area contributed by atoms with Crippen LogP contribution in [0.5, 0.6) is 5.75 Å². The monoisotopic (exact) mass is 380 g/mol. The first-order chi connectivity index (χ1) is 12.4. The molecular formula is C18H21FN2O4S. The molecule has 0 atom stereocenters. The average molecular weight is 380 g/mol. The summed E-state index contributed by atoms with van der Waals surface area (Å²) in [6, 6.07) is 11.3. The third-order valence-electron chi connectivity index (χ3n) is 3.57. The molecule has 0 saturated heterocycles. The highest BCUT2D eigenvalue weighted by molar-refractivity contribution is 7.89. The molecule has 0 bridgehead atoms. The maximum Gasteiger partial charge on any atom is 0.243 e. The van der Waals surface area contributed by atoms with Crippen molar-refractivity contribution in [3.63, 3.8) is 0 Å². The first-order valence-corrected chi connectivity index (χ1v) is 9.59. The smallest absolute Gasteiger partial charge is 0.243 e. The first-order valence-electron chi connectivity index (χ1n) is 8.15. The highest BCUT2D eigenvalue weighted by Gasteiger charge is 2.25. The minimum absolute atomic E-state index is 0.0605. The van der Waals surface area contributed by atoms with Crippen LogP contribution in [0, 0.1) is 5.82 Å². The van der Waals surface area contributed by atoms with Gasteiger partial charge in [-0.1, -0.05) is 6.92 Å². The number of hydrogen-bond donors (Lipinski definition) is 1. The van der Waals surface area contributed by atoms with E-state index in [1.165, 1.54) is 12.1 Å². The molecule has 0 radical (unpaired) electrons. The summed E-state index contributed by atoms with van der Waals surface area (Å²) in [7, 11) is -3.88. The lowest BCUT2D eigenvalue weighted by Gasteiger charge is -2.20. The van der Waals surface area contributed by atoms with Crippen molar-refractivity contribution in [2.75, 3.05) is 25.0 Å². The van der Waals surface area contributed by atoms with E-state index in [2.05, 4.69) is 5.32 Å². The Bertz CT molecular complexity index is 836. The summed E-state index contributed by atoms with van der Waals surface area (Å²) in [5, 5.41) is 2.65. The summed E-state index contributed by atoms with van der Waals surface area (Å²) in [5.74, 6) is -0.318. The second kappa shape index (κ2) is 8.77. The largest absolute Gasteiger partial charge is 0.494 e. The van der Waals surface area contributed by atoms with Gasteiger partial charge in [0.2, 0.25) is 15.9 Å². The molecule has 0 aromatic heterocycles. The van der Waals surface area contributed by atoms with Gasteiger partial charge in [0, 0.05) is 12.2 Å². The fourth-order valence-corrected chi connectivity index (χ4v) is 3.69. The molecule has 140 valence electrons. The molecule has 1 N–H and O–H groups in total. The van der Waals surface area contributed by atoms with Crippen LogP contribution in [0.2, 0.25) is 0 Å². The zero-order chi connectivity index (χ0) is 19.2. The maximum absolute atomic E-state index is 13.0. The number of likely N-dealkylation sites (N-methyl/N-ethyl adjacent to an activating group) is 1. The fourth-order valence-electron chi connectivity index (χ4n) is 2.28. The number of benzene rings is 2. The number of carbonyl (C=O) groups is 1. The lowest BCUT2D eigenvalue weighted by atomic mass is 10.3. The van der Waals surface area contributed by atoms with Crippen molar-refractivity contribution in [1.29, 1.82) is 0 Å². The maximum atomic E-state index is 13.0. The summed E-state index contributed by atoms with van der Waals surface area (Å²) in [6.45, 7) is 3.81. The Balaban J connectivity index is 2.06. The molecule has 8 heteroatoms. The van der Waals surface area contributed by atoms with Crippen LogP contribution in [0.1, 0.15) is 13.8 Å². The third kappa shape index (κ3) is 5.03. The van der Waals surface area contributed by atoms with Gasteiger partial charge < -0.3 is 10.1 Å². The van der Waals surface area contributed by atoms with Crippen molar-refractivity contribution < 1.29 is 22.3 Å². The summed E-state index contributed by atoms with van der Waals surface area (Å²) in [6.07, 6.45) is 0. The van der Waals surface area contributed by atoms with Crippen LogP contribution in [0.15, 0.2) is 53.4 Å². The second-order valence-electron chi connectivity index (χ2n) is 5.39. The minimum Gasteiger partial charge on any atom is -0.494 e. The number of ether oxygens (including phenoxy) is 1. The standard InChI is InChI=1S/C18H21FN2O4S/c1-3-21(26(23,24)17-11-5-14(19)6-12-17)13-18(22)20-15-7-9-16(10-8-15)25-4-2/h5-12H,3-4,13H2,1-2H3,(H,20,22). The van der Waals surface area contributed by atoms with Crippen molar-refractivity contribution in [1.82, 2.24) is 4.31 Å². The summed E-state index contributed by atoms with van der Waals surface area (Å²) in [5.41, 5.74) is 0.536. The molecule has 0 saturated carbocycles. The number of halogens is 1. The van der Waals surface area contributed by atoms with E-state index in [1.54, 1.807) is 31.2 Å². The van der Waals surface area contributed by atoms with Crippen LogP contribution in [0.25, 0.3) is 0 Å². The Morgan fingerprint density at radius 1 is 1.08 bits per heavy atom. The summed E-state index contributed by atoms with van der Waals surface area (Å²) < 4.78 is 44.5. The van der Waals surface area contributed by atoms with Crippen LogP contribution in [0.4, 0.5) is 10.1 Å². The van der Waals surface area contributed by atoms with Crippen molar-refractivity contribution in [3.8, 4) is 5.75 Å². The number of carbonyl (C=O) groups excluding carboxylic acids is 1. The van der Waals surface area contributed by atoms with E-state index in [1.807, 2.05) is 6.92 Å². The number of nitrogens with one attached hydrogen (secondary N) is 1. The molecule has 26 heavy (non-hydrogen) atoms. The Morgan fingerprint density at radius 3 is 2.23 bits per heavy atom. The molecule has 0 heterocycles. The topological polar surface area (TPSA) is 75.7 Å². The van der Waals surface area contributed by atoms with Gasteiger partial charge >= 0.3 is 0 Å². The van der Waals surface area contributed by atoms with Gasteiger partial charge in [-0.2, -0.15) is 4.31 Å². The molecule has 0 unspecified atom stereocenters. The van der Waals surface area contributed by atoms with Gasteiger partial charge in [-0.25, -0.2) is 12.8 Å². The van der Waals surface area contributed by atoms with Crippen molar-refractivity contribution in [3.05, 3.63) is 54.3 Å². The summed E-state index contributed by atoms with van der Waals surface area (Å²) in [4.78, 5) is 12.2. The fraction of sp³-hybridized carbons (Fsp3) is 0.278. The van der Waals surface area contributed by atoms with Crippen molar-refractivity contribution >= 4 is 21.6 Å². The van der Waals surface area contributed by atoms with Gasteiger partial charge in [0.05, 0.1) is 18.0 Å². The zero-order valence-electron chi connectivity index (χ0n) is 14.6. The molecule has 6 nitrogen and oxygen atoms in total. The SMILES string of the molecule is CCOc1ccc(NC(=O)CN(CC)S(=O)(=O)c2ccc(F)cc2)cc1. The van der Waals surface area contributed by atoms with E-state index in [4.69, 9.17) is 4.74 Å². The van der Waals surface area contributed by atoms with Gasteiger partial charge in [-0.05, 0) is 55.5 Å². The normalized spacial score (nSPS) is 11.4. The molecule has 0 aliphatic heterocycles. The number of sulfonamides is 1. The van der Waals surface area contributed by atoms with Crippen molar-refractivity contribution in [2.24, 2.45) is 0 Å². The number of nitrogens with zero attached hydrogens (tertiary/aromatic N) is 1. The molecule has 0 spiro atoms. The average Bonchev–Trinajstić information content (AvgIpc) is 2.62. The molecule has 2 aromatic carbocycles. The van der Waals surface area contributed by atoms with E-state index in [0.717, 1.165) is 16.4 Å². The highest BCUT2D eigenvalue weighted by atomic mass is 32.2. The Labute approximate surface area is 152 Å². The van der Waals surface area contributed by atoms with Gasteiger partial charge in [-0.3, -0.25) is 4.79 Å². The molecule has 1 amide bonds. The van der Waals surface area contributed by atoms with Gasteiger partial charge in [0.25, 0.3) is 0 Å². The van der Waals surface area contributed by atoms with Crippen LogP contribution in [0.3, 0.4) is 0 Å². The molecule has 0 aliphatic rings. The lowest BCUT2D eigenvalue weighted by Crippen LogP contribution is -2.37. The predicted molar refractivity (Wildman–Crippen MR) is 97.1 cm³/mol. The number of hydrogen-bond acceptors (Lipinski definition) is 4. The predicted octanol–water partition coefficient (Wildman–Crippen LogP) is 2.87. The first kappa shape index (κ1) is 19.9. The Morgan fingerprint density at radius 2 is 1.69 bits per heavy atom. The lowest BCUT2D eigenvalue weighted by molar-refractivity contribution is -0.116. The third-order valence-corrected chi connectivity index (χ3v) is 5.51. The van der Waals surface area contributed by atoms with Crippen LogP contribution in [-0.4, -0.2) is 38.3 Å². The number of amides is 1. The van der Waals surface area contributed by atoms with Gasteiger partial charge in [0.15, 0.2) is 0 Å². The number of anilines is 1. The Kier molecular flexibility index (Phi) is 6.70. The quantitative estimate of drug-likeness (QED) is 0.764.